The van der Waals surface area contributed by atoms with Crippen LogP contribution in [0.4, 0.5) is 34.1 Å². The van der Waals surface area contributed by atoms with Gasteiger partial charge in [0.1, 0.15) is 0 Å². The Labute approximate surface area is 362 Å². The summed E-state index contributed by atoms with van der Waals surface area (Å²) in [5, 5.41) is 4.96. The topological polar surface area (TPSA) is 6.48 Å². The van der Waals surface area contributed by atoms with Gasteiger partial charge in [-0.05, 0) is 164 Å². The molecule has 0 N–H and O–H groups in total. The van der Waals surface area contributed by atoms with Crippen LogP contribution in [0.25, 0.3) is 21.5 Å². The Bertz CT molecular complexity index is 2460. The lowest BCUT2D eigenvalue weighted by Crippen LogP contribution is -2.17. The van der Waals surface area contributed by atoms with E-state index in [9.17, 15) is 0 Å². The number of hydrogen-bond donors (Lipinski definition) is 0. The molecular weight excluding hydrogens is 725 g/mol. The molecule has 0 spiro atoms. The Hall–Kier alpha value is -5.34. The predicted octanol–water partition coefficient (Wildman–Crippen LogP) is 17.4. The molecule has 60 heavy (non-hydrogen) atoms. The molecule has 0 aromatic heterocycles. The first kappa shape index (κ1) is 42.8. The molecule has 0 aliphatic heterocycles. The molecular formula is C58H68N2. The highest BCUT2D eigenvalue weighted by molar-refractivity contribution is 6.10. The van der Waals surface area contributed by atoms with Crippen LogP contribution in [-0.4, -0.2) is 0 Å². The van der Waals surface area contributed by atoms with Crippen molar-refractivity contribution in [3.63, 3.8) is 0 Å². The molecule has 0 aliphatic rings. The third-order valence-electron chi connectivity index (χ3n) is 12.5. The van der Waals surface area contributed by atoms with E-state index in [2.05, 4.69) is 242 Å². The van der Waals surface area contributed by atoms with Crippen LogP contribution in [0.3, 0.4) is 0 Å². The molecule has 310 valence electrons. The number of anilines is 6. The summed E-state index contributed by atoms with van der Waals surface area (Å²) in [5.41, 5.74) is 17.9. The smallest absolute Gasteiger partial charge is 0.0520 e. The van der Waals surface area contributed by atoms with Crippen molar-refractivity contribution in [3.05, 3.63) is 166 Å². The van der Waals surface area contributed by atoms with E-state index in [1.165, 1.54) is 88.8 Å². The van der Waals surface area contributed by atoms with Crippen LogP contribution < -0.4 is 9.80 Å². The van der Waals surface area contributed by atoms with E-state index in [1.54, 1.807) is 0 Å². The number of benzene rings is 7. The molecule has 0 radical (unpaired) electrons. The predicted molar refractivity (Wildman–Crippen MR) is 265 cm³/mol. The zero-order chi connectivity index (χ0) is 43.7. The maximum atomic E-state index is 2.47. The van der Waals surface area contributed by atoms with Crippen LogP contribution in [0, 0.1) is 27.7 Å². The van der Waals surface area contributed by atoms with E-state index < -0.39 is 0 Å². The van der Waals surface area contributed by atoms with Gasteiger partial charge in [0, 0.05) is 22.7 Å². The summed E-state index contributed by atoms with van der Waals surface area (Å²) in [6, 6.07) is 46.6. The van der Waals surface area contributed by atoms with Gasteiger partial charge in [-0.3, -0.25) is 0 Å². The van der Waals surface area contributed by atoms with Crippen LogP contribution in [0.2, 0.25) is 0 Å². The Kier molecular flexibility index (Phi) is 10.9. The largest absolute Gasteiger partial charge is 0.310 e. The van der Waals surface area contributed by atoms with Crippen LogP contribution in [0.15, 0.2) is 121 Å². The first-order valence-corrected chi connectivity index (χ1v) is 21.9. The van der Waals surface area contributed by atoms with E-state index in [-0.39, 0.29) is 21.7 Å². The Morgan fingerprint density at radius 2 is 0.550 bits per heavy atom. The van der Waals surface area contributed by atoms with Gasteiger partial charge in [-0.15, -0.1) is 0 Å². The minimum atomic E-state index is 0.0690. The molecule has 0 unspecified atom stereocenters. The lowest BCUT2D eigenvalue weighted by molar-refractivity contribution is 0.589. The fourth-order valence-electron chi connectivity index (χ4n) is 8.84. The van der Waals surface area contributed by atoms with E-state index in [4.69, 9.17) is 0 Å². The Morgan fingerprint density at radius 1 is 0.283 bits per heavy atom. The monoisotopic (exact) mass is 793 g/mol. The van der Waals surface area contributed by atoms with Crippen molar-refractivity contribution in [2.75, 3.05) is 9.80 Å². The third-order valence-corrected chi connectivity index (χ3v) is 12.5. The fourth-order valence-corrected chi connectivity index (χ4v) is 8.84. The van der Waals surface area contributed by atoms with Crippen LogP contribution in [0.1, 0.15) is 128 Å². The highest BCUT2D eigenvalue weighted by Crippen LogP contribution is 2.45. The minimum Gasteiger partial charge on any atom is -0.310 e. The molecule has 7 rings (SSSR count). The van der Waals surface area contributed by atoms with Gasteiger partial charge >= 0.3 is 0 Å². The molecule has 2 heteroatoms. The molecule has 0 saturated heterocycles. The molecule has 0 saturated carbocycles. The zero-order valence-electron chi connectivity index (χ0n) is 39.4. The van der Waals surface area contributed by atoms with Gasteiger partial charge in [0.05, 0.1) is 11.4 Å². The molecule has 0 atom stereocenters. The Morgan fingerprint density at radius 3 is 0.817 bits per heavy atom. The SMILES string of the molecule is Cc1cc(C(C)(C)C)cc(C)c1N(c1ccc(C(C)(C)C)cc1)c1ccc2c(ccc3cc(N(c4ccc(C(C)(C)C)cc4)c4c(C)cc(C(C)(C)C)cc4C)ccc32)c1. The number of nitrogens with zero attached hydrogens (tertiary/aromatic N) is 2. The lowest BCUT2D eigenvalue weighted by atomic mass is 9.84. The van der Waals surface area contributed by atoms with Crippen molar-refractivity contribution >= 4 is 55.7 Å². The second kappa shape index (κ2) is 15.3. The van der Waals surface area contributed by atoms with Crippen LogP contribution >= 0.6 is 0 Å². The maximum absolute atomic E-state index is 2.47. The van der Waals surface area contributed by atoms with Crippen LogP contribution in [-0.2, 0) is 21.7 Å². The third kappa shape index (κ3) is 8.36. The highest BCUT2D eigenvalue weighted by atomic mass is 15.2. The van der Waals surface area contributed by atoms with Gasteiger partial charge in [-0.2, -0.15) is 0 Å². The fraction of sp³-hybridized carbons (Fsp3) is 0.345. The molecule has 0 bridgehead atoms. The van der Waals surface area contributed by atoms with E-state index in [1.807, 2.05) is 0 Å². The normalized spacial score (nSPS) is 12.7. The molecule has 0 heterocycles. The summed E-state index contributed by atoms with van der Waals surface area (Å²) in [5.74, 6) is 0. The summed E-state index contributed by atoms with van der Waals surface area (Å²) in [4.78, 5) is 4.93. The van der Waals surface area contributed by atoms with E-state index >= 15 is 0 Å². The van der Waals surface area contributed by atoms with E-state index in [0.717, 1.165) is 11.4 Å². The summed E-state index contributed by atoms with van der Waals surface area (Å²) in [7, 11) is 0. The highest BCUT2D eigenvalue weighted by Gasteiger charge is 2.25. The van der Waals surface area contributed by atoms with Crippen molar-refractivity contribution in [2.45, 2.75) is 132 Å². The molecule has 0 aliphatic carbocycles. The molecule has 0 amide bonds. The standard InChI is InChI=1S/C58H68N2/c1-37-31-45(57(11,12)13)32-38(2)53(37)59(47-23-19-43(20-24-47)55(5,6)7)49-27-29-51-41(35-49)17-18-42-36-50(28-30-52(42)51)60(48-25-21-44(22-26-48)56(8,9)10)54-39(3)33-46(34-40(54)4)58(14,15)16/h17-36H,1-16H3. The molecule has 2 nitrogen and oxygen atoms in total. The van der Waals surface area contributed by atoms with Gasteiger partial charge in [0.15, 0.2) is 0 Å². The first-order chi connectivity index (χ1) is 27.9. The average Bonchev–Trinajstić information content (AvgIpc) is 3.15. The first-order valence-electron chi connectivity index (χ1n) is 21.9. The quantitative estimate of drug-likeness (QED) is 0.155. The molecule has 7 aromatic rings. The second-order valence-corrected chi connectivity index (χ2v) is 21.6. The summed E-state index contributed by atoms with van der Waals surface area (Å²) < 4.78 is 0. The van der Waals surface area contributed by atoms with Gasteiger partial charge in [0.2, 0.25) is 0 Å². The number of hydrogen-bond acceptors (Lipinski definition) is 2. The van der Waals surface area contributed by atoms with E-state index in [0.29, 0.717) is 0 Å². The molecule has 0 fully saturated rings. The van der Waals surface area contributed by atoms with Crippen molar-refractivity contribution < 1.29 is 0 Å². The summed E-state index contributed by atoms with van der Waals surface area (Å²) in [6.45, 7) is 36.6. The number of fused-ring (bicyclic) bond motifs is 3. The minimum absolute atomic E-state index is 0.0690. The summed E-state index contributed by atoms with van der Waals surface area (Å²) in [6.07, 6.45) is 0. The number of rotatable bonds is 6. The van der Waals surface area contributed by atoms with Crippen molar-refractivity contribution in [2.24, 2.45) is 0 Å². The number of aryl methyl sites for hydroxylation is 4. The van der Waals surface area contributed by atoms with Gasteiger partial charge in [-0.25, -0.2) is 0 Å². The summed E-state index contributed by atoms with van der Waals surface area (Å²) >= 11 is 0. The van der Waals surface area contributed by atoms with Crippen molar-refractivity contribution in [1.29, 1.82) is 0 Å². The molecule has 7 aromatic carbocycles. The van der Waals surface area contributed by atoms with Crippen molar-refractivity contribution in [3.8, 4) is 0 Å². The van der Waals surface area contributed by atoms with Crippen molar-refractivity contribution in [1.82, 2.24) is 0 Å². The van der Waals surface area contributed by atoms with Gasteiger partial charge in [0.25, 0.3) is 0 Å². The Balaban J connectivity index is 1.37. The van der Waals surface area contributed by atoms with Gasteiger partial charge in [-0.1, -0.05) is 156 Å². The average molecular weight is 793 g/mol. The second-order valence-electron chi connectivity index (χ2n) is 21.6. The van der Waals surface area contributed by atoms with Gasteiger partial charge < -0.3 is 9.80 Å². The maximum Gasteiger partial charge on any atom is 0.0520 e. The lowest BCUT2D eigenvalue weighted by Gasteiger charge is -2.32. The zero-order valence-corrected chi connectivity index (χ0v) is 39.4. The van der Waals surface area contributed by atoms with Crippen LogP contribution in [0.5, 0.6) is 0 Å².